The standard InChI is InChI=1S/C7H12O9/c1-3-11-7(12-4-2)16-15-6(10)14-13-5(8)9/h7H,3-4H2,1-2H3,(H,8,9). The quantitative estimate of drug-likeness (QED) is 0.413. The Morgan fingerprint density at radius 3 is 2.06 bits per heavy atom. The lowest BCUT2D eigenvalue weighted by Gasteiger charge is -2.13. The van der Waals surface area contributed by atoms with E-state index in [1.54, 1.807) is 13.8 Å². The van der Waals surface area contributed by atoms with Crippen LogP contribution in [0.3, 0.4) is 0 Å². The summed E-state index contributed by atoms with van der Waals surface area (Å²) >= 11 is 0. The van der Waals surface area contributed by atoms with Crippen molar-refractivity contribution in [1.29, 1.82) is 0 Å². The largest absolute Gasteiger partial charge is 0.582 e. The average molecular weight is 240 g/mol. The molecule has 0 rings (SSSR count). The summed E-state index contributed by atoms with van der Waals surface area (Å²) in [6, 6.07) is 0. The minimum Gasteiger partial charge on any atom is -0.447 e. The second-order valence-corrected chi connectivity index (χ2v) is 2.06. The first kappa shape index (κ1) is 14.4. The van der Waals surface area contributed by atoms with Crippen molar-refractivity contribution >= 4 is 12.3 Å². The summed E-state index contributed by atoms with van der Waals surface area (Å²) in [5.41, 5.74) is 0. The van der Waals surface area contributed by atoms with Crippen molar-refractivity contribution in [3.05, 3.63) is 0 Å². The van der Waals surface area contributed by atoms with Crippen molar-refractivity contribution in [3.8, 4) is 0 Å². The molecule has 0 unspecified atom stereocenters. The molecule has 0 aromatic rings. The Morgan fingerprint density at radius 2 is 1.62 bits per heavy atom. The molecule has 0 amide bonds. The molecule has 0 aliphatic rings. The summed E-state index contributed by atoms with van der Waals surface area (Å²) in [7, 11) is 0. The van der Waals surface area contributed by atoms with Crippen LogP contribution in [0.25, 0.3) is 0 Å². The maximum absolute atomic E-state index is 10.6. The molecule has 16 heavy (non-hydrogen) atoms. The first-order chi connectivity index (χ1) is 7.60. The Labute approximate surface area is 90.6 Å². The first-order valence-electron chi connectivity index (χ1n) is 4.28. The van der Waals surface area contributed by atoms with Gasteiger partial charge in [-0.3, -0.25) is 4.89 Å². The highest BCUT2D eigenvalue weighted by molar-refractivity contribution is 5.61. The molecule has 94 valence electrons. The van der Waals surface area contributed by atoms with Crippen LogP contribution in [0.15, 0.2) is 0 Å². The van der Waals surface area contributed by atoms with Crippen LogP contribution in [0.4, 0.5) is 9.59 Å². The van der Waals surface area contributed by atoms with E-state index in [-0.39, 0.29) is 13.2 Å². The molecule has 0 saturated carbocycles. The van der Waals surface area contributed by atoms with Crippen molar-refractivity contribution < 1.29 is 43.7 Å². The van der Waals surface area contributed by atoms with Crippen LogP contribution in [-0.2, 0) is 29.0 Å². The number of hydrogen-bond donors (Lipinski definition) is 1. The highest BCUT2D eigenvalue weighted by Gasteiger charge is 2.16. The molecule has 0 radical (unpaired) electrons. The molecule has 0 aliphatic heterocycles. The molecular weight excluding hydrogens is 228 g/mol. The lowest BCUT2D eigenvalue weighted by molar-refractivity contribution is -0.428. The number of rotatable bonds is 6. The molecule has 0 fully saturated rings. The van der Waals surface area contributed by atoms with Crippen molar-refractivity contribution in [2.24, 2.45) is 0 Å². The SMILES string of the molecule is CCOC(OCC)OOC(=O)OOC(=O)O. The van der Waals surface area contributed by atoms with E-state index < -0.39 is 18.8 Å². The summed E-state index contributed by atoms with van der Waals surface area (Å²) in [4.78, 5) is 35.7. The second kappa shape index (κ2) is 8.71. The monoisotopic (exact) mass is 240 g/mol. The van der Waals surface area contributed by atoms with Gasteiger partial charge in [-0.15, -0.1) is 4.89 Å². The molecule has 0 aliphatic carbocycles. The Hall–Kier alpha value is -1.58. The summed E-state index contributed by atoms with van der Waals surface area (Å²) < 4.78 is 9.65. The third kappa shape index (κ3) is 7.79. The zero-order valence-corrected chi connectivity index (χ0v) is 8.70. The van der Waals surface area contributed by atoms with Crippen LogP contribution >= 0.6 is 0 Å². The molecule has 1 N–H and O–H groups in total. The highest BCUT2D eigenvalue weighted by atomic mass is 17.3. The molecule has 0 aromatic carbocycles. The molecular formula is C7H12O9. The molecule has 0 saturated heterocycles. The van der Waals surface area contributed by atoms with E-state index in [1.165, 1.54) is 0 Å². The topological polar surface area (TPSA) is 110 Å². The highest BCUT2D eigenvalue weighted by Crippen LogP contribution is 2.00. The lowest BCUT2D eigenvalue weighted by Crippen LogP contribution is -2.23. The summed E-state index contributed by atoms with van der Waals surface area (Å²) in [6.45, 7) is 2.64. The Morgan fingerprint density at radius 1 is 1.06 bits per heavy atom. The van der Waals surface area contributed by atoms with E-state index in [1.807, 2.05) is 0 Å². The predicted octanol–water partition coefficient (Wildman–Crippen LogP) is 1.04. The molecule has 9 nitrogen and oxygen atoms in total. The van der Waals surface area contributed by atoms with Gasteiger partial charge in [-0.2, -0.15) is 14.6 Å². The van der Waals surface area contributed by atoms with Gasteiger partial charge >= 0.3 is 18.8 Å². The maximum Gasteiger partial charge on any atom is 0.582 e. The summed E-state index contributed by atoms with van der Waals surface area (Å²) in [5, 5.41) is 7.96. The van der Waals surface area contributed by atoms with Crippen molar-refractivity contribution in [1.82, 2.24) is 0 Å². The average Bonchev–Trinajstić information content (AvgIpc) is 2.23. The zero-order valence-electron chi connectivity index (χ0n) is 8.70. The van der Waals surface area contributed by atoms with Crippen LogP contribution in [0.2, 0.25) is 0 Å². The van der Waals surface area contributed by atoms with Gasteiger partial charge in [0.25, 0.3) is 0 Å². The van der Waals surface area contributed by atoms with Crippen LogP contribution < -0.4 is 0 Å². The van der Waals surface area contributed by atoms with Gasteiger partial charge < -0.3 is 14.6 Å². The van der Waals surface area contributed by atoms with Gasteiger partial charge in [-0.25, -0.2) is 4.79 Å². The van der Waals surface area contributed by atoms with E-state index in [0.717, 1.165) is 0 Å². The van der Waals surface area contributed by atoms with Gasteiger partial charge in [0.15, 0.2) is 0 Å². The van der Waals surface area contributed by atoms with E-state index >= 15 is 0 Å². The Bertz CT molecular complexity index is 210. The normalized spacial score (nSPS) is 9.94. The third-order valence-corrected chi connectivity index (χ3v) is 0.981. The molecule has 0 heterocycles. The van der Waals surface area contributed by atoms with Gasteiger partial charge in [0, 0.05) is 13.2 Å². The molecule has 0 spiro atoms. The minimum absolute atomic E-state index is 0.259. The predicted molar refractivity (Wildman–Crippen MR) is 44.8 cm³/mol. The fourth-order valence-electron chi connectivity index (χ4n) is 0.538. The fraction of sp³-hybridized carbons (Fsp3) is 0.714. The summed E-state index contributed by atoms with van der Waals surface area (Å²) in [6.07, 6.45) is -3.31. The molecule has 0 bridgehead atoms. The van der Waals surface area contributed by atoms with Gasteiger partial charge in [-0.1, -0.05) is 0 Å². The van der Waals surface area contributed by atoms with Crippen LogP contribution in [0, 0.1) is 0 Å². The minimum atomic E-state index is -1.80. The molecule has 0 atom stereocenters. The Kier molecular flexibility index (Phi) is 7.85. The number of ether oxygens (including phenoxy) is 2. The van der Waals surface area contributed by atoms with Crippen molar-refractivity contribution in [2.45, 2.75) is 20.3 Å². The number of carboxylic acid groups (broad SMARTS) is 1. The zero-order chi connectivity index (χ0) is 12.4. The third-order valence-electron chi connectivity index (χ3n) is 0.981. The summed E-state index contributed by atoms with van der Waals surface area (Å²) in [5.74, 6) is 0. The number of hydrogen-bond acceptors (Lipinski definition) is 8. The molecule has 9 heteroatoms. The smallest absolute Gasteiger partial charge is 0.447 e. The van der Waals surface area contributed by atoms with Crippen molar-refractivity contribution in [3.63, 3.8) is 0 Å². The second-order valence-electron chi connectivity index (χ2n) is 2.06. The Balaban J connectivity index is 3.72. The van der Waals surface area contributed by atoms with Gasteiger partial charge in [0.05, 0.1) is 0 Å². The number of carbonyl (C=O) groups is 2. The first-order valence-corrected chi connectivity index (χ1v) is 4.28. The number of carbonyl (C=O) groups excluding carboxylic acids is 1. The van der Waals surface area contributed by atoms with Crippen LogP contribution in [0.1, 0.15) is 13.8 Å². The van der Waals surface area contributed by atoms with Gasteiger partial charge in [-0.05, 0) is 13.8 Å². The molecule has 0 aromatic heterocycles. The van der Waals surface area contributed by atoms with E-state index in [9.17, 15) is 9.59 Å². The lowest BCUT2D eigenvalue weighted by atomic mass is 10.8. The fourth-order valence-corrected chi connectivity index (χ4v) is 0.538. The van der Waals surface area contributed by atoms with Crippen LogP contribution in [0.5, 0.6) is 0 Å². The van der Waals surface area contributed by atoms with Gasteiger partial charge in [0.1, 0.15) is 0 Å². The van der Waals surface area contributed by atoms with Crippen LogP contribution in [-0.4, -0.2) is 37.1 Å². The maximum atomic E-state index is 10.6. The van der Waals surface area contributed by atoms with Crippen molar-refractivity contribution in [2.75, 3.05) is 13.2 Å². The van der Waals surface area contributed by atoms with E-state index in [2.05, 4.69) is 19.6 Å². The van der Waals surface area contributed by atoms with Gasteiger partial charge in [0.2, 0.25) is 0 Å². The van der Waals surface area contributed by atoms with E-state index in [4.69, 9.17) is 14.6 Å². The van der Waals surface area contributed by atoms with E-state index in [0.29, 0.717) is 0 Å².